The van der Waals surface area contributed by atoms with Crippen LogP contribution in [0.25, 0.3) is 0 Å². The second kappa shape index (κ2) is 4.74. The predicted molar refractivity (Wildman–Crippen MR) is 81.2 cm³/mol. The van der Waals surface area contributed by atoms with Gasteiger partial charge >= 0.3 is 0 Å². The molecule has 6 unspecified atom stereocenters. The third-order valence-corrected chi connectivity index (χ3v) is 6.66. The number of benzene rings is 1. The molecule has 4 aliphatic rings. The van der Waals surface area contributed by atoms with Gasteiger partial charge in [-0.15, -0.1) is 0 Å². The zero-order chi connectivity index (χ0) is 13.8. The number of hydrogen-bond donors (Lipinski definition) is 0. The van der Waals surface area contributed by atoms with E-state index in [4.69, 9.17) is 9.47 Å². The van der Waals surface area contributed by atoms with E-state index in [2.05, 4.69) is 24.3 Å². The monoisotopic (exact) mass is 284 g/mol. The number of rotatable bonds is 3. The molecular weight excluding hydrogens is 260 g/mol. The van der Waals surface area contributed by atoms with E-state index in [1.54, 1.807) is 0 Å². The molecule has 3 saturated carbocycles. The van der Waals surface area contributed by atoms with Gasteiger partial charge in [-0.2, -0.15) is 0 Å². The van der Waals surface area contributed by atoms with E-state index >= 15 is 0 Å². The van der Waals surface area contributed by atoms with Crippen molar-refractivity contribution in [1.29, 1.82) is 0 Å². The molecule has 1 heterocycles. The molecule has 3 aliphatic carbocycles. The van der Waals surface area contributed by atoms with E-state index < -0.39 is 0 Å². The highest BCUT2D eigenvalue weighted by atomic mass is 16.7. The maximum Gasteiger partial charge on any atom is 0.202 e. The number of para-hydroxylation sites is 1. The van der Waals surface area contributed by atoms with Crippen molar-refractivity contribution in [3.63, 3.8) is 0 Å². The molecule has 1 aliphatic heterocycles. The van der Waals surface area contributed by atoms with Crippen LogP contribution in [0.3, 0.4) is 0 Å². The SMILES string of the molecule is c1ccc(C2CC3CC2C2CCCC32)c(OC2CCO2)c1. The summed E-state index contributed by atoms with van der Waals surface area (Å²) in [6.07, 6.45) is 8.39. The Bertz CT molecular complexity index is 536. The Morgan fingerprint density at radius 1 is 0.952 bits per heavy atom. The van der Waals surface area contributed by atoms with Gasteiger partial charge in [-0.25, -0.2) is 0 Å². The Morgan fingerprint density at radius 2 is 1.81 bits per heavy atom. The first-order valence-corrected chi connectivity index (χ1v) is 8.77. The zero-order valence-electron chi connectivity index (χ0n) is 12.5. The third kappa shape index (κ3) is 1.88. The van der Waals surface area contributed by atoms with Crippen LogP contribution in [0, 0.1) is 23.7 Å². The highest BCUT2D eigenvalue weighted by Gasteiger charge is 2.54. The molecule has 112 valence electrons. The first-order chi connectivity index (χ1) is 10.4. The summed E-state index contributed by atoms with van der Waals surface area (Å²) in [5.74, 6) is 5.84. The minimum absolute atomic E-state index is 0.00368. The van der Waals surface area contributed by atoms with E-state index in [1.165, 1.54) is 37.7 Å². The fourth-order valence-electron chi connectivity index (χ4n) is 5.77. The van der Waals surface area contributed by atoms with Crippen LogP contribution in [0.1, 0.15) is 50.0 Å². The van der Waals surface area contributed by atoms with Crippen molar-refractivity contribution in [3.05, 3.63) is 29.8 Å². The standard InChI is InChI=1S/C19H24O2/c1-2-7-18(21-19-8-9-20-19)15(4-1)17-11-12-10-16(17)14-6-3-5-13(12)14/h1-2,4,7,12-14,16-17,19H,3,5-6,8-11H2. The summed E-state index contributed by atoms with van der Waals surface area (Å²) in [4.78, 5) is 0. The molecular formula is C19H24O2. The second-order valence-corrected chi connectivity index (χ2v) is 7.51. The zero-order valence-corrected chi connectivity index (χ0v) is 12.5. The molecule has 0 spiro atoms. The average molecular weight is 284 g/mol. The van der Waals surface area contributed by atoms with Crippen LogP contribution in [0.2, 0.25) is 0 Å². The topological polar surface area (TPSA) is 18.5 Å². The van der Waals surface area contributed by atoms with Gasteiger partial charge in [-0.05, 0) is 66.9 Å². The summed E-state index contributed by atoms with van der Waals surface area (Å²) >= 11 is 0. The maximum absolute atomic E-state index is 6.09. The van der Waals surface area contributed by atoms with Crippen molar-refractivity contribution in [1.82, 2.24) is 0 Å². The third-order valence-electron chi connectivity index (χ3n) is 6.66. The fourth-order valence-corrected chi connectivity index (χ4v) is 5.77. The molecule has 0 radical (unpaired) electrons. The van der Waals surface area contributed by atoms with Crippen molar-refractivity contribution < 1.29 is 9.47 Å². The van der Waals surface area contributed by atoms with Gasteiger partial charge < -0.3 is 9.47 Å². The lowest BCUT2D eigenvalue weighted by atomic mass is 9.73. The molecule has 6 atom stereocenters. The second-order valence-electron chi connectivity index (χ2n) is 7.51. The van der Waals surface area contributed by atoms with Crippen molar-refractivity contribution in [2.75, 3.05) is 6.61 Å². The normalized spacial score (nSPS) is 43.6. The van der Waals surface area contributed by atoms with Crippen molar-refractivity contribution in [2.24, 2.45) is 23.7 Å². The first kappa shape index (κ1) is 12.5. The molecule has 0 aromatic heterocycles. The van der Waals surface area contributed by atoms with Gasteiger partial charge in [0.1, 0.15) is 5.75 Å². The quantitative estimate of drug-likeness (QED) is 0.821. The lowest BCUT2D eigenvalue weighted by molar-refractivity contribution is -0.165. The highest BCUT2D eigenvalue weighted by molar-refractivity contribution is 5.38. The predicted octanol–water partition coefficient (Wildman–Crippen LogP) is 4.35. The summed E-state index contributed by atoms with van der Waals surface area (Å²) < 4.78 is 11.6. The van der Waals surface area contributed by atoms with E-state index in [0.29, 0.717) is 0 Å². The van der Waals surface area contributed by atoms with Crippen LogP contribution in [-0.4, -0.2) is 12.9 Å². The Kier molecular flexibility index (Phi) is 2.83. The molecule has 2 heteroatoms. The van der Waals surface area contributed by atoms with Gasteiger partial charge in [0.2, 0.25) is 6.29 Å². The van der Waals surface area contributed by atoms with Gasteiger partial charge in [-0.1, -0.05) is 24.6 Å². The molecule has 4 fully saturated rings. The van der Waals surface area contributed by atoms with Crippen LogP contribution < -0.4 is 4.74 Å². The molecule has 1 saturated heterocycles. The molecule has 21 heavy (non-hydrogen) atoms. The number of fused-ring (bicyclic) bond motifs is 5. The van der Waals surface area contributed by atoms with Gasteiger partial charge in [-0.3, -0.25) is 0 Å². The Labute approximate surface area is 126 Å². The van der Waals surface area contributed by atoms with Gasteiger partial charge in [0.05, 0.1) is 6.61 Å². The van der Waals surface area contributed by atoms with E-state index in [-0.39, 0.29) is 6.29 Å². The largest absolute Gasteiger partial charge is 0.465 e. The average Bonchev–Trinajstić information content (AvgIpc) is 3.15. The highest BCUT2D eigenvalue weighted by Crippen LogP contribution is 2.64. The lowest BCUT2D eigenvalue weighted by Gasteiger charge is -2.34. The first-order valence-electron chi connectivity index (χ1n) is 8.77. The van der Waals surface area contributed by atoms with Gasteiger partial charge in [0.15, 0.2) is 0 Å². The molecule has 5 rings (SSSR count). The number of ether oxygens (including phenoxy) is 2. The summed E-state index contributed by atoms with van der Waals surface area (Å²) in [5, 5.41) is 0. The van der Waals surface area contributed by atoms with Gasteiger partial charge in [0, 0.05) is 6.42 Å². The van der Waals surface area contributed by atoms with Gasteiger partial charge in [0.25, 0.3) is 0 Å². The minimum atomic E-state index is 0.00368. The summed E-state index contributed by atoms with van der Waals surface area (Å²) in [7, 11) is 0. The maximum atomic E-state index is 6.09. The van der Waals surface area contributed by atoms with Crippen molar-refractivity contribution in [3.8, 4) is 5.75 Å². The molecule has 2 nitrogen and oxygen atoms in total. The Balaban J connectivity index is 1.43. The summed E-state index contributed by atoms with van der Waals surface area (Å²) in [6, 6.07) is 8.74. The smallest absolute Gasteiger partial charge is 0.202 e. The molecule has 0 amide bonds. The number of hydrogen-bond acceptors (Lipinski definition) is 2. The van der Waals surface area contributed by atoms with E-state index in [9.17, 15) is 0 Å². The lowest BCUT2D eigenvalue weighted by Crippen LogP contribution is -2.33. The van der Waals surface area contributed by atoms with E-state index in [1.807, 2.05) is 0 Å². The molecule has 1 aromatic rings. The van der Waals surface area contributed by atoms with Crippen LogP contribution in [0.4, 0.5) is 0 Å². The summed E-state index contributed by atoms with van der Waals surface area (Å²) in [6.45, 7) is 0.852. The molecule has 0 N–H and O–H groups in total. The molecule has 2 bridgehead atoms. The van der Waals surface area contributed by atoms with Crippen molar-refractivity contribution in [2.45, 2.75) is 50.7 Å². The van der Waals surface area contributed by atoms with Crippen molar-refractivity contribution >= 4 is 0 Å². The van der Waals surface area contributed by atoms with Crippen LogP contribution in [0.15, 0.2) is 24.3 Å². The van der Waals surface area contributed by atoms with Crippen LogP contribution >= 0.6 is 0 Å². The Morgan fingerprint density at radius 3 is 2.67 bits per heavy atom. The van der Waals surface area contributed by atoms with Crippen LogP contribution in [0.5, 0.6) is 5.75 Å². The fraction of sp³-hybridized carbons (Fsp3) is 0.684. The van der Waals surface area contributed by atoms with Crippen LogP contribution in [-0.2, 0) is 4.74 Å². The molecule has 1 aromatic carbocycles. The summed E-state index contributed by atoms with van der Waals surface area (Å²) in [5.41, 5.74) is 1.46. The Hall–Kier alpha value is -1.02. The van der Waals surface area contributed by atoms with E-state index in [0.717, 1.165) is 48.4 Å². The minimum Gasteiger partial charge on any atom is -0.465 e.